The summed E-state index contributed by atoms with van der Waals surface area (Å²) in [5, 5.41) is 0. The van der Waals surface area contributed by atoms with Crippen LogP contribution in [0.5, 0.6) is 0 Å². The minimum atomic E-state index is 0.395. The van der Waals surface area contributed by atoms with Crippen molar-refractivity contribution >= 4 is 6.92 Å². The van der Waals surface area contributed by atoms with Crippen molar-refractivity contribution in [2.45, 2.75) is 33.4 Å². The van der Waals surface area contributed by atoms with Gasteiger partial charge < -0.3 is 9.39 Å². The van der Waals surface area contributed by atoms with E-state index in [2.05, 4.69) is 6.92 Å². The first-order valence-corrected chi connectivity index (χ1v) is 4.54. The minimum Gasteiger partial charge on any atom is -0.436 e. The van der Waals surface area contributed by atoms with Gasteiger partial charge in [-0.2, -0.15) is 0 Å². The third kappa shape index (κ3) is 6.39. The third-order valence-corrected chi connectivity index (χ3v) is 1.65. The van der Waals surface area contributed by atoms with Gasteiger partial charge in [0.25, 0.3) is 6.92 Å². The Kier molecular flexibility index (Phi) is 8.07. The minimum absolute atomic E-state index is 0.395. The molecule has 0 radical (unpaired) electrons. The molecule has 0 rings (SSSR count). The van der Waals surface area contributed by atoms with Crippen molar-refractivity contribution in [3.05, 3.63) is 0 Å². The first kappa shape index (κ1) is 11.0. The zero-order chi connectivity index (χ0) is 8.53. The van der Waals surface area contributed by atoms with Gasteiger partial charge in [-0.3, -0.25) is 0 Å². The van der Waals surface area contributed by atoms with E-state index in [9.17, 15) is 0 Å². The van der Waals surface area contributed by atoms with E-state index < -0.39 is 0 Å². The van der Waals surface area contributed by atoms with Crippen LogP contribution in [0.15, 0.2) is 0 Å². The van der Waals surface area contributed by atoms with Crippen molar-refractivity contribution in [3.8, 4) is 0 Å². The van der Waals surface area contributed by atoms with E-state index in [0.29, 0.717) is 6.92 Å². The zero-order valence-electron chi connectivity index (χ0n) is 7.93. The number of rotatable bonds is 7. The van der Waals surface area contributed by atoms with Gasteiger partial charge in [0.2, 0.25) is 0 Å². The van der Waals surface area contributed by atoms with Gasteiger partial charge in [-0.15, -0.1) is 0 Å². The monoisotopic (exact) mass is 158 g/mol. The highest BCUT2D eigenvalue weighted by Crippen LogP contribution is 2.00. The molecular weight excluding hydrogens is 139 g/mol. The Morgan fingerprint density at radius 1 is 1.09 bits per heavy atom. The molecular formula is C8H19BO2. The molecule has 0 spiro atoms. The molecule has 0 aliphatic carbocycles. The van der Waals surface area contributed by atoms with Crippen LogP contribution in [0.2, 0.25) is 12.6 Å². The first-order valence-electron chi connectivity index (χ1n) is 4.54. The highest BCUT2D eigenvalue weighted by molar-refractivity contribution is 6.51. The molecule has 0 saturated carbocycles. The number of hydrogen-bond donors (Lipinski definition) is 0. The predicted octanol–water partition coefficient (Wildman–Crippen LogP) is 2.07. The summed E-state index contributed by atoms with van der Waals surface area (Å²) in [7, 11) is 0. The predicted molar refractivity (Wildman–Crippen MR) is 49.2 cm³/mol. The highest BCUT2D eigenvalue weighted by Gasteiger charge is 2.10. The third-order valence-electron chi connectivity index (χ3n) is 1.65. The molecule has 0 aromatic heterocycles. The maximum Gasteiger partial charge on any atom is 0.295 e. The van der Waals surface area contributed by atoms with E-state index in [-0.39, 0.29) is 0 Å². The fourth-order valence-corrected chi connectivity index (χ4v) is 1.00. The van der Waals surface area contributed by atoms with Gasteiger partial charge in [-0.25, -0.2) is 0 Å². The smallest absolute Gasteiger partial charge is 0.295 e. The van der Waals surface area contributed by atoms with Crippen molar-refractivity contribution in [3.63, 3.8) is 0 Å². The molecule has 0 amide bonds. The second-order valence-electron chi connectivity index (χ2n) is 2.47. The molecule has 0 heterocycles. The summed E-state index contributed by atoms with van der Waals surface area (Å²) in [5.74, 6) is 0. The zero-order valence-corrected chi connectivity index (χ0v) is 7.93. The molecule has 0 fully saturated rings. The van der Waals surface area contributed by atoms with Crippen molar-refractivity contribution < 1.29 is 9.39 Å². The molecule has 0 aromatic carbocycles. The van der Waals surface area contributed by atoms with E-state index in [0.717, 1.165) is 32.5 Å². The van der Waals surface area contributed by atoms with Crippen LogP contribution in [0, 0.1) is 0 Å². The Bertz CT molecular complexity index is 78.5. The van der Waals surface area contributed by atoms with E-state index in [1.807, 2.05) is 13.8 Å². The molecule has 0 unspecified atom stereocenters. The van der Waals surface area contributed by atoms with Gasteiger partial charge in [0, 0.05) is 19.8 Å². The van der Waals surface area contributed by atoms with Crippen LogP contribution in [0.3, 0.4) is 0 Å². The number of hydrogen-bond acceptors (Lipinski definition) is 2. The summed E-state index contributed by atoms with van der Waals surface area (Å²) in [6.07, 6.45) is 2.11. The Morgan fingerprint density at radius 2 is 1.82 bits per heavy atom. The fraction of sp³-hybridized carbons (Fsp3) is 1.00. The van der Waals surface area contributed by atoms with Gasteiger partial charge in [-0.05, 0) is 20.2 Å². The fourth-order valence-electron chi connectivity index (χ4n) is 1.00. The molecule has 0 aliphatic rings. The van der Waals surface area contributed by atoms with Crippen LogP contribution >= 0.6 is 0 Å². The second-order valence-corrected chi connectivity index (χ2v) is 2.47. The molecule has 0 saturated heterocycles. The molecule has 2 nitrogen and oxygen atoms in total. The molecule has 3 heteroatoms. The maximum absolute atomic E-state index is 5.46. The summed E-state index contributed by atoms with van der Waals surface area (Å²) < 4.78 is 10.7. The normalized spacial score (nSPS) is 10.1. The van der Waals surface area contributed by atoms with Gasteiger partial charge in [0.05, 0.1) is 0 Å². The van der Waals surface area contributed by atoms with E-state index in [1.165, 1.54) is 0 Å². The Labute approximate surface area is 70.4 Å². The summed E-state index contributed by atoms with van der Waals surface area (Å²) in [6.45, 7) is 9.03. The molecule has 0 aliphatic heterocycles. The Morgan fingerprint density at radius 3 is 2.27 bits per heavy atom. The first-order chi connectivity index (χ1) is 5.35. The molecule has 0 N–H and O–H groups in total. The lowest BCUT2D eigenvalue weighted by Crippen LogP contribution is -2.18. The van der Waals surface area contributed by atoms with E-state index >= 15 is 0 Å². The van der Waals surface area contributed by atoms with E-state index in [1.54, 1.807) is 0 Å². The van der Waals surface area contributed by atoms with Crippen LogP contribution < -0.4 is 0 Å². The summed E-state index contributed by atoms with van der Waals surface area (Å²) >= 11 is 0. The average Bonchev–Trinajstić information content (AvgIpc) is 2.03. The highest BCUT2D eigenvalue weighted by atomic mass is 16.5. The maximum atomic E-state index is 5.46. The summed E-state index contributed by atoms with van der Waals surface area (Å²) in [6, 6.07) is 0. The van der Waals surface area contributed by atoms with Gasteiger partial charge in [-0.1, -0.05) is 13.2 Å². The van der Waals surface area contributed by atoms with Gasteiger partial charge in [0.15, 0.2) is 0 Å². The second kappa shape index (κ2) is 8.09. The number of ether oxygens (including phenoxy) is 1. The van der Waals surface area contributed by atoms with Gasteiger partial charge in [0.1, 0.15) is 0 Å². The lowest BCUT2D eigenvalue weighted by Gasteiger charge is -2.09. The van der Waals surface area contributed by atoms with Crippen molar-refractivity contribution in [2.75, 3.05) is 19.8 Å². The molecule has 0 bridgehead atoms. The van der Waals surface area contributed by atoms with Crippen molar-refractivity contribution in [1.29, 1.82) is 0 Å². The van der Waals surface area contributed by atoms with Crippen LogP contribution in [0.1, 0.15) is 20.8 Å². The van der Waals surface area contributed by atoms with Crippen LogP contribution in [0.25, 0.3) is 0 Å². The Balaban J connectivity index is 3.20. The van der Waals surface area contributed by atoms with Crippen LogP contribution in [0.4, 0.5) is 0 Å². The topological polar surface area (TPSA) is 18.5 Å². The summed E-state index contributed by atoms with van der Waals surface area (Å²) in [5.41, 5.74) is 0. The lowest BCUT2D eigenvalue weighted by molar-refractivity contribution is 0.158. The molecule has 0 aromatic rings. The quantitative estimate of drug-likeness (QED) is 0.417. The van der Waals surface area contributed by atoms with Crippen LogP contribution in [-0.2, 0) is 9.39 Å². The largest absolute Gasteiger partial charge is 0.436 e. The van der Waals surface area contributed by atoms with Crippen LogP contribution in [-0.4, -0.2) is 26.7 Å². The molecule has 0 atom stereocenters. The van der Waals surface area contributed by atoms with E-state index in [4.69, 9.17) is 9.39 Å². The Hall–Kier alpha value is -0.0151. The van der Waals surface area contributed by atoms with Crippen molar-refractivity contribution in [1.82, 2.24) is 0 Å². The standard InChI is InChI=1S/C8H19BO2/c1-4-9(11-6-3)7-8-10-5-2/h4-8H2,1-3H3. The molecule has 11 heavy (non-hydrogen) atoms. The SMILES string of the molecule is CCOCCB(CC)OCC. The van der Waals surface area contributed by atoms with Crippen molar-refractivity contribution in [2.24, 2.45) is 0 Å². The summed E-state index contributed by atoms with van der Waals surface area (Å²) in [4.78, 5) is 0. The lowest BCUT2D eigenvalue weighted by atomic mass is 9.62. The molecule has 66 valence electrons. The average molecular weight is 158 g/mol. The van der Waals surface area contributed by atoms with Gasteiger partial charge >= 0.3 is 0 Å².